The van der Waals surface area contributed by atoms with Gasteiger partial charge in [-0.25, -0.2) is 0 Å². The van der Waals surface area contributed by atoms with Gasteiger partial charge in [-0.05, 0) is 92.3 Å². The minimum Gasteiger partial charge on any atom is -0.465 e. The Hall–Kier alpha value is -1.06. The SMILES string of the molecule is CC1CCC(COC(=O)C2C3CCC(C3)C2C(=O)OCC2CCC(C)CC2C)C(C)C1. The van der Waals surface area contributed by atoms with E-state index in [4.69, 9.17) is 9.47 Å². The maximum absolute atomic E-state index is 13.1. The summed E-state index contributed by atoms with van der Waals surface area (Å²) in [5, 5.41) is 0. The molecule has 0 heterocycles. The number of carbonyl (C=O) groups excluding carboxylic acids is 2. The van der Waals surface area contributed by atoms with Crippen molar-refractivity contribution in [3.63, 3.8) is 0 Å². The second-order valence-corrected chi connectivity index (χ2v) is 12.0. The van der Waals surface area contributed by atoms with Crippen molar-refractivity contribution in [3.8, 4) is 0 Å². The molecule has 4 fully saturated rings. The molecular weight excluding hydrogens is 388 g/mol. The van der Waals surface area contributed by atoms with Gasteiger partial charge in [-0.15, -0.1) is 0 Å². The molecule has 0 aromatic rings. The lowest BCUT2D eigenvalue weighted by Crippen LogP contribution is -2.39. The van der Waals surface area contributed by atoms with E-state index in [1.165, 1.54) is 25.7 Å². The molecule has 0 aromatic heterocycles. The fourth-order valence-electron chi connectivity index (χ4n) is 7.49. The van der Waals surface area contributed by atoms with Crippen molar-refractivity contribution in [2.24, 2.45) is 59.2 Å². The average molecular weight is 433 g/mol. The number of rotatable bonds is 6. The topological polar surface area (TPSA) is 52.6 Å². The van der Waals surface area contributed by atoms with E-state index in [-0.39, 0.29) is 23.8 Å². The van der Waals surface area contributed by atoms with Gasteiger partial charge in [0.1, 0.15) is 0 Å². The number of hydrogen-bond acceptors (Lipinski definition) is 4. The van der Waals surface area contributed by atoms with Crippen LogP contribution >= 0.6 is 0 Å². The van der Waals surface area contributed by atoms with E-state index < -0.39 is 0 Å². The molecule has 4 saturated carbocycles. The van der Waals surface area contributed by atoms with E-state index >= 15 is 0 Å². The van der Waals surface area contributed by atoms with Crippen LogP contribution in [0.1, 0.15) is 85.5 Å². The second kappa shape index (κ2) is 9.83. The number of carbonyl (C=O) groups is 2. The highest BCUT2D eigenvalue weighted by Gasteiger charge is 2.55. The van der Waals surface area contributed by atoms with Crippen LogP contribution in [0.4, 0.5) is 0 Å². The Morgan fingerprint density at radius 2 is 1.03 bits per heavy atom. The van der Waals surface area contributed by atoms with E-state index in [2.05, 4.69) is 27.7 Å². The summed E-state index contributed by atoms with van der Waals surface area (Å²) >= 11 is 0. The molecule has 0 aromatic carbocycles. The molecule has 10 atom stereocenters. The molecule has 0 amide bonds. The Bertz CT molecular complexity index is 591. The van der Waals surface area contributed by atoms with Gasteiger partial charge < -0.3 is 9.47 Å². The van der Waals surface area contributed by atoms with Crippen LogP contribution in [0.3, 0.4) is 0 Å². The summed E-state index contributed by atoms with van der Waals surface area (Å²) in [6.45, 7) is 10.3. The van der Waals surface area contributed by atoms with E-state index in [9.17, 15) is 9.59 Å². The van der Waals surface area contributed by atoms with Crippen LogP contribution in [-0.2, 0) is 19.1 Å². The number of ether oxygens (including phenoxy) is 2. The number of fused-ring (bicyclic) bond motifs is 2. The minimum atomic E-state index is -0.270. The first-order valence-corrected chi connectivity index (χ1v) is 13.2. The molecular formula is C27H44O4. The van der Waals surface area contributed by atoms with Gasteiger partial charge >= 0.3 is 11.9 Å². The highest BCUT2D eigenvalue weighted by Crippen LogP contribution is 2.53. The van der Waals surface area contributed by atoms with Gasteiger partial charge in [-0.2, -0.15) is 0 Å². The van der Waals surface area contributed by atoms with E-state index in [0.29, 0.717) is 48.7 Å². The Labute approximate surface area is 189 Å². The van der Waals surface area contributed by atoms with Crippen molar-refractivity contribution in [1.29, 1.82) is 0 Å². The summed E-state index contributed by atoms with van der Waals surface area (Å²) in [5.74, 6) is 3.55. The maximum atomic E-state index is 13.1. The molecule has 4 nitrogen and oxygen atoms in total. The fraction of sp³-hybridized carbons (Fsp3) is 0.926. The quantitative estimate of drug-likeness (QED) is 0.492. The van der Waals surface area contributed by atoms with Gasteiger partial charge in [0.2, 0.25) is 0 Å². The zero-order valence-electron chi connectivity index (χ0n) is 20.2. The van der Waals surface area contributed by atoms with Crippen molar-refractivity contribution in [2.45, 2.75) is 85.5 Å². The lowest BCUT2D eigenvalue weighted by atomic mass is 9.76. The summed E-state index contributed by atoms with van der Waals surface area (Å²) in [5.41, 5.74) is 0. The van der Waals surface area contributed by atoms with Crippen molar-refractivity contribution >= 4 is 11.9 Å². The number of hydrogen-bond donors (Lipinski definition) is 0. The molecule has 0 aliphatic heterocycles. The smallest absolute Gasteiger partial charge is 0.310 e. The Morgan fingerprint density at radius 1 is 0.613 bits per heavy atom. The first kappa shape index (κ1) is 23.1. The Morgan fingerprint density at radius 3 is 1.42 bits per heavy atom. The first-order chi connectivity index (χ1) is 14.8. The summed E-state index contributed by atoms with van der Waals surface area (Å²) in [6, 6.07) is 0. The standard InChI is InChI=1S/C27H44O4/c1-16-5-7-22(18(3)11-16)14-30-26(28)24-20-9-10-21(13-20)25(24)27(29)31-15-23-8-6-17(2)12-19(23)4/h16-25H,5-15H2,1-4H3. The third-order valence-corrected chi connectivity index (χ3v) is 9.56. The molecule has 4 aliphatic carbocycles. The van der Waals surface area contributed by atoms with E-state index in [0.717, 1.165) is 43.9 Å². The normalized spacial score (nSPS) is 44.8. The Kier molecular flexibility index (Phi) is 7.33. The monoisotopic (exact) mass is 432 g/mol. The highest BCUT2D eigenvalue weighted by atomic mass is 16.5. The first-order valence-electron chi connectivity index (χ1n) is 13.2. The molecule has 176 valence electrons. The van der Waals surface area contributed by atoms with E-state index in [1.54, 1.807) is 0 Å². The zero-order chi connectivity index (χ0) is 22.1. The molecule has 2 bridgehead atoms. The van der Waals surface area contributed by atoms with Crippen molar-refractivity contribution in [1.82, 2.24) is 0 Å². The van der Waals surface area contributed by atoms with Gasteiger partial charge in [0, 0.05) is 0 Å². The molecule has 4 aliphatic rings. The molecule has 4 rings (SSSR count). The molecule has 31 heavy (non-hydrogen) atoms. The summed E-state index contributed by atoms with van der Waals surface area (Å²) in [7, 11) is 0. The van der Waals surface area contributed by atoms with Crippen LogP contribution in [0, 0.1) is 59.2 Å². The summed E-state index contributed by atoms with van der Waals surface area (Å²) < 4.78 is 11.8. The zero-order valence-corrected chi connectivity index (χ0v) is 20.2. The lowest BCUT2D eigenvalue weighted by molar-refractivity contribution is -0.166. The highest BCUT2D eigenvalue weighted by molar-refractivity contribution is 5.83. The van der Waals surface area contributed by atoms with Gasteiger partial charge in [0.25, 0.3) is 0 Å². The minimum absolute atomic E-state index is 0.125. The number of esters is 2. The van der Waals surface area contributed by atoms with Crippen LogP contribution in [0.15, 0.2) is 0 Å². The predicted octanol–water partition coefficient (Wildman–Crippen LogP) is 5.88. The Balaban J connectivity index is 1.31. The van der Waals surface area contributed by atoms with Crippen LogP contribution in [0.2, 0.25) is 0 Å². The summed E-state index contributed by atoms with van der Waals surface area (Å²) in [6.07, 6.45) is 10.3. The van der Waals surface area contributed by atoms with Crippen molar-refractivity contribution < 1.29 is 19.1 Å². The van der Waals surface area contributed by atoms with Crippen molar-refractivity contribution in [2.75, 3.05) is 13.2 Å². The van der Waals surface area contributed by atoms with Gasteiger partial charge in [-0.3, -0.25) is 9.59 Å². The molecule has 0 saturated heterocycles. The van der Waals surface area contributed by atoms with Crippen LogP contribution in [0.5, 0.6) is 0 Å². The average Bonchev–Trinajstić information content (AvgIpc) is 3.34. The van der Waals surface area contributed by atoms with Gasteiger partial charge in [-0.1, -0.05) is 40.5 Å². The third kappa shape index (κ3) is 5.14. The molecule has 4 heteroatoms. The van der Waals surface area contributed by atoms with Gasteiger partial charge in [0.15, 0.2) is 0 Å². The van der Waals surface area contributed by atoms with Crippen LogP contribution in [-0.4, -0.2) is 25.2 Å². The molecule has 0 spiro atoms. The predicted molar refractivity (Wildman–Crippen MR) is 121 cm³/mol. The second-order valence-electron chi connectivity index (χ2n) is 12.0. The van der Waals surface area contributed by atoms with Crippen molar-refractivity contribution in [3.05, 3.63) is 0 Å². The lowest BCUT2D eigenvalue weighted by Gasteiger charge is -2.34. The van der Waals surface area contributed by atoms with E-state index in [1.807, 2.05) is 0 Å². The summed E-state index contributed by atoms with van der Waals surface area (Å²) in [4.78, 5) is 26.3. The molecule has 0 radical (unpaired) electrons. The largest absolute Gasteiger partial charge is 0.465 e. The third-order valence-electron chi connectivity index (χ3n) is 9.56. The van der Waals surface area contributed by atoms with Crippen LogP contribution < -0.4 is 0 Å². The molecule has 0 N–H and O–H groups in total. The van der Waals surface area contributed by atoms with Crippen LogP contribution in [0.25, 0.3) is 0 Å². The fourth-order valence-corrected chi connectivity index (χ4v) is 7.49. The maximum Gasteiger partial charge on any atom is 0.310 e. The van der Waals surface area contributed by atoms with Gasteiger partial charge in [0.05, 0.1) is 25.0 Å². The molecule has 10 unspecified atom stereocenters.